The monoisotopic (exact) mass is 736 g/mol. The van der Waals surface area contributed by atoms with E-state index in [0.29, 0.717) is 49.4 Å². The second kappa shape index (κ2) is 13.1. The highest BCUT2D eigenvalue weighted by molar-refractivity contribution is 5.73. The van der Waals surface area contributed by atoms with Crippen molar-refractivity contribution in [2.75, 3.05) is 32.9 Å². The Morgan fingerprint density at radius 1 is 1.06 bits per heavy atom. The molecule has 2 bridgehead atoms. The van der Waals surface area contributed by atoms with Crippen molar-refractivity contribution < 1.29 is 19.4 Å². The van der Waals surface area contributed by atoms with Gasteiger partial charge in [0.05, 0.1) is 37.9 Å². The van der Waals surface area contributed by atoms with Gasteiger partial charge in [-0.15, -0.1) is 0 Å². The molecule has 4 aliphatic carbocycles. The van der Waals surface area contributed by atoms with Gasteiger partial charge in [0, 0.05) is 22.3 Å². The summed E-state index contributed by atoms with van der Waals surface area (Å²) in [5.74, 6) is 1.88. The Labute approximate surface area is 320 Å². The molecular weight excluding hydrogens is 663 g/mol. The van der Waals surface area contributed by atoms with Crippen molar-refractivity contribution in [3.8, 4) is 0 Å². The van der Waals surface area contributed by atoms with Crippen LogP contribution in [0.2, 0.25) is 0 Å². The average molecular weight is 736 g/mol. The van der Waals surface area contributed by atoms with Gasteiger partial charge in [0.1, 0.15) is 12.2 Å². The van der Waals surface area contributed by atoms with Crippen LogP contribution in [-0.4, -0.2) is 70.4 Å². The summed E-state index contributed by atoms with van der Waals surface area (Å²) in [5, 5.41) is 19.8. The van der Waals surface area contributed by atoms with Crippen LogP contribution in [0, 0.1) is 62.1 Å². The summed E-state index contributed by atoms with van der Waals surface area (Å²) in [4.78, 5) is 18.6. The zero-order valence-corrected chi connectivity index (χ0v) is 35.1. The van der Waals surface area contributed by atoms with Crippen LogP contribution >= 0.6 is 0 Å². The van der Waals surface area contributed by atoms with Gasteiger partial charge in [0.15, 0.2) is 0 Å². The van der Waals surface area contributed by atoms with Crippen molar-refractivity contribution in [2.24, 2.45) is 67.8 Å². The molecule has 0 unspecified atom stereocenters. The number of aromatic nitrogens is 3. The SMILES string of the molecule is CC(C)[C@@H](C)[C@@]1(C)CC[C@]2(C)[C@H]3CC[C@@H]4[C@@]5(COC[C@]4(C)[C@@H](OC[C@](C)(N)C(C)(C)C)[C@H](n4ncnc4C4CCNCC4)C5)C3=CC[C@@]2(C)[C@@H]1C(=O)O. The highest BCUT2D eigenvalue weighted by atomic mass is 16.5. The van der Waals surface area contributed by atoms with E-state index in [2.05, 4.69) is 92.2 Å². The van der Waals surface area contributed by atoms with Gasteiger partial charge in [-0.05, 0) is 117 Å². The Balaban J connectivity index is 1.33. The number of carboxylic acids is 1. The van der Waals surface area contributed by atoms with Crippen LogP contribution < -0.4 is 11.1 Å². The molecule has 0 spiro atoms. The number of aliphatic carboxylic acids is 1. The van der Waals surface area contributed by atoms with E-state index < -0.39 is 17.4 Å². The maximum Gasteiger partial charge on any atom is 0.307 e. The minimum Gasteiger partial charge on any atom is -0.481 e. The van der Waals surface area contributed by atoms with Gasteiger partial charge in [0.25, 0.3) is 0 Å². The zero-order valence-electron chi connectivity index (χ0n) is 35.1. The first-order valence-corrected chi connectivity index (χ1v) is 21.2. The fraction of sp³-hybridized carbons (Fsp3) is 0.886. The van der Waals surface area contributed by atoms with E-state index in [1.807, 2.05) is 0 Å². The Bertz CT molecular complexity index is 1570. The number of allylic oxidation sites excluding steroid dienone is 1. The Morgan fingerprint density at radius 2 is 1.75 bits per heavy atom. The van der Waals surface area contributed by atoms with Crippen molar-refractivity contribution in [3.05, 3.63) is 23.8 Å². The number of nitrogens with one attached hydrogen (secondary N) is 1. The van der Waals surface area contributed by atoms with Crippen LogP contribution in [-0.2, 0) is 14.3 Å². The second-order valence-electron chi connectivity index (χ2n) is 21.6. The van der Waals surface area contributed by atoms with E-state index in [1.54, 1.807) is 11.9 Å². The molecule has 0 amide bonds. The molecule has 298 valence electrons. The summed E-state index contributed by atoms with van der Waals surface area (Å²) in [6.45, 7) is 28.9. The lowest BCUT2D eigenvalue weighted by Gasteiger charge is -2.71. The number of hydrogen-bond acceptors (Lipinski definition) is 7. The lowest BCUT2D eigenvalue weighted by molar-refractivity contribution is -0.253. The van der Waals surface area contributed by atoms with Crippen LogP contribution in [0.25, 0.3) is 0 Å². The van der Waals surface area contributed by atoms with Gasteiger partial charge in [-0.1, -0.05) is 80.9 Å². The van der Waals surface area contributed by atoms with Crippen molar-refractivity contribution in [3.63, 3.8) is 0 Å². The molecule has 0 aromatic carbocycles. The Kier molecular flexibility index (Phi) is 9.76. The largest absolute Gasteiger partial charge is 0.481 e. The van der Waals surface area contributed by atoms with Crippen LogP contribution in [0.5, 0.6) is 0 Å². The number of ether oxygens (including phenoxy) is 2. The molecule has 12 atom stereocenters. The first-order chi connectivity index (χ1) is 24.7. The molecule has 0 radical (unpaired) electrons. The summed E-state index contributed by atoms with van der Waals surface area (Å²) in [7, 11) is 0. The molecule has 1 aromatic rings. The van der Waals surface area contributed by atoms with E-state index in [1.165, 1.54) is 0 Å². The van der Waals surface area contributed by atoms with Crippen LogP contribution in [0.4, 0.5) is 0 Å². The number of fused-ring (bicyclic) bond motifs is 3. The molecule has 3 heterocycles. The van der Waals surface area contributed by atoms with Crippen LogP contribution in [0.1, 0.15) is 145 Å². The van der Waals surface area contributed by atoms with E-state index in [4.69, 9.17) is 25.3 Å². The fourth-order valence-corrected chi connectivity index (χ4v) is 13.5. The molecule has 7 rings (SSSR count). The highest BCUT2D eigenvalue weighted by Gasteiger charge is 2.72. The highest BCUT2D eigenvalue weighted by Crippen LogP contribution is 2.75. The van der Waals surface area contributed by atoms with Gasteiger partial charge in [-0.25, -0.2) is 9.67 Å². The standard InChI is InChI=1S/C44H73N5O4/c1-27(2)28(3)39(7)18-19-41(9)30-12-13-33-40(8)23-52-25-44(33,31(30)14-17-42(41,10)34(39)37(50)51)22-32(35(40)53-24-43(11,45)38(4,5)6)49-36(47-26-48-49)29-15-20-46-21-16-29/h14,26-30,32-35,46H,12-13,15-25,45H2,1-11H3,(H,50,51)/t28-,30+,32-,33+,34-,35+,39-,40+,41-,42+,43+,44+/m1/s1. The second-order valence-corrected chi connectivity index (χ2v) is 21.6. The molecule has 53 heavy (non-hydrogen) atoms. The van der Waals surface area contributed by atoms with Crippen molar-refractivity contribution in [2.45, 2.75) is 151 Å². The topological polar surface area (TPSA) is 125 Å². The van der Waals surface area contributed by atoms with Gasteiger partial charge >= 0.3 is 5.97 Å². The molecule has 9 nitrogen and oxygen atoms in total. The van der Waals surface area contributed by atoms with Gasteiger partial charge < -0.3 is 25.6 Å². The predicted octanol–water partition coefficient (Wildman–Crippen LogP) is 8.02. The molecule has 1 aromatic heterocycles. The lowest BCUT2D eigenvalue weighted by atomic mass is 9.34. The summed E-state index contributed by atoms with van der Waals surface area (Å²) >= 11 is 0. The van der Waals surface area contributed by atoms with E-state index in [9.17, 15) is 9.90 Å². The number of piperidine rings is 1. The van der Waals surface area contributed by atoms with Crippen molar-refractivity contribution in [1.29, 1.82) is 0 Å². The van der Waals surface area contributed by atoms with E-state index >= 15 is 0 Å². The minimum atomic E-state index is -0.609. The normalized spacial score (nSPS) is 43.6. The third-order valence-electron chi connectivity index (χ3n) is 18.0. The minimum absolute atomic E-state index is 0.0163. The van der Waals surface area contributed by atoms with E-state index in [0.717, 1.165) is 70.3 Å². The number of nitrogens with two attached hydrogens (primary N) is 1. The van der Waals surface area contributed by atoms with Crippen LogP contribution in [0.3, 0.4) is 0 Å². The molecule has 3 saturated carbocycles. The molecule has 5 fully saturated rings. The molecule has 2 saturated heterocycles. The fourth-order valence-electron chi connectivity index (χ4n) is 13.5. The third kappa shape index (κ3) is 5.68. The number of nitrogens with zero attached hydrogens (tertiary/aromatic N) is 3. The molecule has 2 aliphatic heterocycles. The summed E-state index contributed by atoms with van der Waals surface area (Å²) < 4.78 is 16.4. The lowest BCUT2D eigenvalue weighted by Crippen LogP contribution is -2.69. The average Bonchev–Trinajstić information content (AvgIpc) is 3.57. The maximum atomic E-state index is 13.6. The summed E-state index contributed by atoms with van der Waals surface area (Å²) in [6, 6.07) is -0.0163. The summed E-state index contributed by atoms with van der Waals surface area (Å²) in [5.41, 5.74) is 6.75. The maximum absolute atomic E-state index is 13.6. The quantitative estimate of drug-likeness (QED) is 0.230. The first-order valence-electron chi connectivity index (χ1n) is 21.2. The number of carboxylic acid groups (broad SMARTS) is 1. The van der Waals surface area contributed by atoms with Crippen LogP contribution in [0.15, 0.2) is 18.0 Å². The number of carbonyl (C=O) groups is 1. The van der Waals surface area contributed by atoms with Crippen molar-refractivity contribution >= 4 is 5.97 Å². The molecule has 4 N–H and O–H groups in total. The number of hydrogen-bond donors (Lipinski definition) is 3. The third-order valence-corrected chi connectivity index (χ3v) is 18.0. The van der Waals surface area contributed by atoms with Gasteiger partial charge in [0.2, 0.25) is 0 Å². The van der Waals surface area contributed by atoms with E-state index in [-0.39, 0.29) is 44.6 Å². The van der Waals surface area contributed by atoms with Crippen molar-refractivity contribution in [1.82, 2.24) is 20.1 Å². The van der Waals surface area contributed by atoms with Gasteiger partial charge in [-0.2, -0.15) is 5.10 Å². The first kappa shape index (κ1) is 39.4. The predicted molar refractivity (Wildman–Crippen MR) is 209 cm³/mol. The number of rotatable bonds is 8. The summed E-state index contributed by atoms with van der Waals surface area (Å²) in [6.07, 6.45) is 12.2. The molecular formula is C44H73N5O4. The Morgan fingerprint density at radius 3 is 2.40 bits per heavy atom. The smallest absolute Gasteiger partial charge is 0.307 e. The van der Waals surface area contributed by atoms with Gasteiger partial charge in [-0.3, -0.25) is 4.79 Å². The molecule has 9 heteroatoms. The zero-order chi connectivity index (χ0) is 38.6. The Hall–Kier alpha value is -1.81. The molecule has 6 aliphatic rings.